The number of nitrogens with zero attached hydrogens (tertiary/aromatic N) is 3. The first kappa shape index (κ1) is 13.2. The molecule has 2 amide bonds. The number of hydrogen-bond acceptors (Lipinski definition) is 5. The van der Waals surface area contributed by atoms with Crippen molar-refractivity contribution in [2.45, 2.75) is 6.92 Å². The highest BCUT2D eigenvalue weighted by Crippen LogP contribution is 2.09. The molecule has 0 radical (unpaired) electrons. The lowest BCUT2D eigenvalue weighted by Crippen LogP contribution is -2.29. The Morgan fingerprint density at radius 2 is 2.12 bits per heavy atom. The van der Waals surface area contributed by atoms with E-state index >= 15 is 0 Å². The zero-order chi connectivity index (χ0) is 12.7. The first-order valence-corrected chi connectivity index (χ1v) is 5.34. The summed E-state index contributed by atoms with van der Waals surface area (Å²) >= 11 is 5.69. The molecule has 1 aromatic heterocycles. The van der Waals surface area contributed by atoms with Crippen LogP contribution in [-0.4, -0.2) is 34.1 Å². The van der Waals surface area contributed by atoms with Crippen LogP contribution in [-0.2, 0) is 0 Å². The predicted molar refractivity (Wildman–Crippen MR) is 66.2 cm³/mol. The summed E-state index contributed by atoms with van der Waals surface area (Å²) in [6, 6.07) is -0.399. The quantitative estimate of drug-likeness (QED) is 0.690. The summed E-state index contributed by atoms with van der Waals surface area (Å²) in [6.45, 7) is 6.34. The first-order valence-electron chi connectivity index (χ1n) is 4.97. The molecule has 3 N–H and O–H groups in total. The summed E-state index contributed by atoms with van der Waals surface area (Å²) in [5, 5.41) is 7.83. The maximum atomic E-state index is 11.2. The number of hydrogen-bond donors (Lipinski definition) is 3. The molecule has 0 aliphatic rings. The second-order valence-electron chi connectivity index (χ2n) is 2.91. The van der Waals surface area contributed by atoms with Gasteiger partial charge in [-0.15, -0.1) is 6.58 Å². The molecule has 1 aromatic rings. The van der Waals surface area contributed by atoms with Crippen LogP contribution in [0.25, 0.3) is 0 Å². The molecule has 1 heterocycles. The smallest absolute Gasteiger partial charge is 0.321 e. The highest BCUT2D eigenvalue weighted by molar-refractivity contribution is 6.28. The summed E-state index contributed by atoms with van der Waals surface area (Å²) in [6.07, 6.45) is 1.65. The van der Waals surface area contributed by atoms with Crippen LogP contribution in [0, 0.1) is 0 Å². The number of urea groups is 1. The SMILES string of the molecule is C=CCNc1nc(Cl)nc(NC(=O)NCC)n1. The first-order chi connectivity index (χ1) is 8.15. The molecule has 92 valence electrons. The molecule has 0 aliphatic carbocycles. The van der Waals surface area contributed by atoms with Crippen molar-refractivity contribution in [1.82, 2.24) is 20.3 Å². The van der Waals surface area contributed by atoms with E-state index in [4.69, 9.17) is 11.6 Å². The maximum Gasteiger partial charge on any atom is 0.321 e. The van der Waals surface area contributed by atoms with Crippen LogP contribution in [0.1, 0.15) is 6.92 Å². The number of halogens is 1. The maximum absolute atomic E-state index is 11.2. The lowest BCUT2D eigenvalue weighted by Gasteiger charge is -2.06. The molecule has 17 heavy (non-hydrogen) atoms. The average Bonchev–Trinajstić information content (AvgIpc) is 2.25. The van der Waals surface area contributed by atoms with Gasteiger partial charge in [-0.2, -0.15) is 15.0 Å². The van der Waals surface area contributed by atoms with Gasteiger partial charge in [-0.25, -0.2) is 4.79 Å². The molecule has 0 unspecified atom stereocenters. The van der Waals surface area contributed by atoms with Crippen molar-refractivity contribution >= 4 is 29.5 Å². The molecule has 0 aliphatic heterocycles. The van der Waals surface area contributed by atoms with E-state index in [9.17, 15) is 4.79 Å². The molecular formula is C9H13ClN6O. The van der Waals surface area contributed by atoms with Crippen molar-refractivity contribution in [3.63, 3.8) is 0 Å². The van der Waals surface area contributed by atoms with Gasteiger partial charge in [0, 0.05) is 13.1 Å². The van der Waals surface area contributed by atoms with Crippen molar-refractivity contribution in [3.8, 4) is 0 Å². The molecule has 0 bridgehead atoms. The van der Waals surface area contributed by atoms with Crippen LogP contribution in [0.3, 0.4) is 0 Å². The Kier molecular flexibility index (Phi) is 5.15. The zero-order valence-electron chi connectivity index (χ0n) is 9.33. The van der Waals surface area contributed by atoms with E-state index in [1.54, 1.807) is 13.0 Å². The molecule has 0 saturated heterocycles. The zero-order valence-corrected chi connectivity index (χ0v) is 10.1. The molecule has 7 nitrogen and oxygen atoms in total. The lowest BCUT2D eigenvalue weighted by molar-refractivity contribution is 0.252. The minimum Gasteiger partial charge on any atom is -0.351 e. The Hall–Kier alpha value is -1.89. The Morgan fingerprint density at radius 1 is 1.41 bits per heavy atom. The van der Waals surface area contributed by atoms with E-state index in [0.717, 1.165) is 0 Å². The topological polar surface area (TPSA) is 91.8 Å². The molecule has 0 spiro atoms. The molecular weight excluding hydrogens is 244 g/mol. The Balaban J connectivity index is 2.74. The minimum absolute atomic E-state index is 0.00152. The van der Waals surface area contributed by atoms with E-state index < -0.39 is 6.03 Å². The van der Waals surface area contributed by atoms with Gasteiger partial charge in [0.05, 0.1) is 0 Å². The number of carbonyl (C=O) groups is 1. The van der Waals surface area contributed by atoms with Gasteiger partial charge in [-0.3, -0.25) is 5.32 Å². The number of anilines is 2. The Morgan fingerprint density at radius 3 is 2.76 bits per heavy atom. The van der Waals surface area contributed by atoms with Crippen molar-refractivity contribution < 1.29 is 4.79 Å². The van der Waals surface area contributed by atoms with E-state index in [2.05, 4.69) is 37.5 Å². The highest BCUT2D eigenvalue weighted by Gasteiger charge is 2.07. The van der Waals surface area contributed by atoms with Crippen LogP contribution in [0.4, 0.5) is 16.7 Å². The summed E-state index contributed by atoms with van der Waals surface area (Å²) in [5.74, 6) is 0.360. The van der Waals surface area contributed by atoms with E-state index in [-0.39, 0.29) is 17.2 Å². The number of aromatic nitrogens is 3. The second kappa shape index (κ2) is 6.64. The number of carbonyl (C=O) groups excluding carboxylic acids is 1. The van der Waals surface area contributed by atoms with Crippen molar-refractivity contribution in [3.05, 3.63) is 17.9 Å². The molecule has 0 saturated carbocycles. The van der Waals surface area contributed by atoms with Gasteiger partial charge in [-0.1, -0.05) is 6.08 Å². The fourth-order valence-electron chi connectivity index (χ4n) is 0.955. The van der Waals surface area contributed by atoms with Crippen LogP contribution < -0.4 is 16.0 Å². The molecule has 1 rings (SSSR count). The number of nitrogens with one attached hydrogen (secondary N) is 3. The summed E-state index contributed by atoms with van der Waals surface area (Å²) < 4.78 is 0. The Bertz CT molecular complexity index is 410. The predicted octanol–water partition coefficient (Wildman–Crippen LogP) is 1.26. The van der Waals surface area contributed by atoms with E-state index in [0.29, 0.717) is 13.1 Å². The number of amides is 2. The van der Waals surface area contributed by atoms with Crippen LogP contribution in [0.15, 0.2) is 12.7 Å². The minimum atomic E-state index is -0.399. The highest BCUT2D eigenvalue weighted by atomic mass is 35.5. The van der Waals surface area contributed by atoms with E-state index in [1.807, 2.05) is 0 Å². The van der Waals surface area contributed by atoms with E-state index in [1.165, 1.54) is 0 Å². The molecule has 0 aromatic carbocycles. The number of rotatable bonds is 5. The third-order valence-electron chi connectivity index (χ3n) is 1.58. The average molecular weight is 257 g/mol. The molecule has 0 fully saturated rings. The third-order valence-corrected chi connectivity index (χ3v) is 1.74. The summed E-state index contributed by atoms with van der Waals surface area (Å²) in [5.41, 5.74) is 0. The van der Waals surface area contributed by atoms with Gasteiger partial charge in [0.2, 0.25) is 17.2 Å². The fraction of sp³-hybridized carbons (Fsp3) is 0.333. The normalized spacial score (nSPS) is 9.53. The van der Waals surface area contributed by atoms with Gasteiger partial charge in [0.1, 0.15) is 0 Å². The molecule has 8 heteroatoms. The monoisotopic (exact) mass is 256 g/mol. The largest absolute Gasteiger partial charge is 0.351 e. The van der Waals surface area contributed by atoms with Crippen LogP contribution in [0.5, 0.6) is 0 Å². The lowest BCUT2D eigenvalue weighted by atomic mass is 10.6. The van der Waals surface area contributed by atoms with Crippen molar-refractivity contribution in [2.75, 3.05) is 23.7 Å². The van der Waals surface area contributed by atoms with Crippen molar-refractivity contribution in [1.29, 1.82) is 0 Å². The summed E-state index contributed by atoms with van der Waals surface area (Å²) in [7, 11) is 0. The van der Waals surface area contributed by atoms with Gasteiger partial charge in [0.15, 0.2) is 0 Å². The van der Waals surface area contributed by atoms with Gasteiger partial charge in [0.25, 0.3) is 0 Å². The van der Waals surface area contributed by atoms with Crippen molar-refractivity contribution in [2.24, 2.45) is 0 Å². The fourth-order valence-corrected chi connectivity index (χ4v) is 1.11. The molecule has 0 atom stereocenters. The van der Waals surface area contributed by atoms with Gasteiger partial charge < -0.3 is 10.6 Å². The van der Waals surface area contributed by atoms with Crippen LogP contribution in [0.2, 0.25) is 5.28 Å². The second-order valence-corrected chi connectivity index (χ2v) is 3.24. The van der Waals surface area contributed by atoms with Crippen LogP contribution >= 0.6 is 11.6 Å². The third kappa shape index (κ3) is 4.64. The Labute approximate surface area is 104 Å². The summed E-state index contributed by atoms with van der Waals surface area (Å²) in [4.78, 5) is 22.8. The van der Waals surface area contributed by atoms with Gasteiger partial charge in [-0.05, 0) is 18.5 Å². The standard InChI is InChI=1S/C9H13ClN6O/c1-3-5-12-7-13-6(10)14-8(15-7)16-9(17)11-4-2/h3H,1,4-5H2,2H3,(H3,11,12,13,14,15,16,17). The van der Waals surface area contributed by atoms with Gasteiger partial charge >= 0.3 is 6.03 Å².